The second kappa shape index (κ2) is 11.0. The molecular weight excluding hydrogens is 352 g/mol. The van der Waals surface area contributed by atoms with Gasteiger partial charge in [-0.25, -0.2) is 4.79 Å². The summed E-state index contributed by atoms with van der Waals surface area (Å²) in [4.78, 5) is 31.7. The van der Waals surface area contributed by atoms with Crippen molar-refractivity contribution in [2.24, 2.45) is 5.92 Å². The number of hydrogen-bond donors (Lipinski definition) is 1. The Hall–Kier alpha value is -1.40. The Kier molecular flexibility index (Phi) is 8.96. The second-order valence-corrected chi connectivity index (χ2v) is 8.52. The molecule has 0 aromatic carbocycles. The number of likely N-dealkylation sites (tertiary alicyclic amines) is 1. The van der Waals surface area contributed by atoms with Crippen molar-refractivity contribution < 1.29 is 9.59 Å². The molecule has 2 amide bonds. The highest BCUT2D eigenvalue weighted by Crippen LogP contribution is 2.35. The molecule has 0 spiro atoms. The third-order valence-electron chi connectivity index (χ3n) is 6.22. The van der Waals surface area contributed by atoms with Crippen LogP contribution in [0.2, 0.25) is 0 Å². The Balaban J connectivity index is 1.95. The van der Waals surface area contributed by atoms with Crippen molar-refractivity contribution in [3.05, 3.63) is 12.2 Å². The van der Waals surface area contributed by atoms with Crippen molar-refractivity contribution in [2.45, 2.75) is 65.0 Å². The minimum atomic E-state index is 0.0267. The lowest BCUT2D eigenvalue weighted by Crippen LogP contribution is -2.59. The first-order valence-electron chi connectivity index (χ1n) is 11.1. The fraction of sp³-hybridized carbons (Fsp3) is 0.818. The number of nitrogens with one attached hydrogen (secondary N) is 1. The van der Waals surface area contributed by atoms with E-state index in [1.165, 1.54) is 0 Å². The molecule has 3 atom stereocenters. The topological polar surface area (TPSA) is 55.9 Å². The normalized spacial score (nSPS) is 25.7. The van der Waals surface area contributed by atoms with Gasteiger partial charge in [0, 0.05) is 44.7 Å². The molecule has 1 aliphatic carbocycles. The lowest BCUT2D eigenvalue weighted by atomic mass is 9.74. The average Bonchev–Trinajstić information content (AvgIpc) is 2.64. The first kappa shape index (κ1) is 22.9. The van der Waals surface area contributed by atoms with E-state index in [2.05, 4.69) is 42.6 Å². The van der Waals surface area contributed by atoms with Gasteiger partial charge in [0.05, 0.1) is 0 Å². The highest BCUT2D eigenvalue weighted by Gasteiger charge is 2.41. The van der Waals surface area contributed by atoms with Crippen LogP contribution in [0, 0.1) is 5.92 Å². The summed E-state index contributed by atoms with van der Waals surface area (Å²) in [5.41, 5.74) is 0.776. The zero-order valence-electron chi connectivity index (χ0n) is 18.4. The fourth-order valence-electron chi connectivity index (χ4n) is 4.68. The zero-order valence-corrected chi connectivity index (χ0v) is 18.4. The minimum absolute atomic E-state index is 0.0267. The summed E-state index contributed by atoms with van der Waals surface area (Å²) in [6.07, 6.45) is 4.46. The van der Waals surface area contributed by atoms with Gasteiger partial charge in [0.15, 0.2) is 5.78 Å². The lowest BCUT2D eigenvalue weighted by molar-refractivity contribution is -0.119. The van der Waals surface area contributed by atoms with E-state index in [-0.39, 0.29) is 17.9 Å². The third-order valence-corrected chi connectivity index (χ3v) is 6.22. The molecule has 1 saturated carbocycles. The second-order valence-electron chi connectivity index (χ2n) is 8.52. The van der Waals surface area contributed by atoms with Crippen molar-refractivity contribution in [3.8, 4) is 0 Å². The zero-order chi connectivity index (χ0) is 20.7. The van der Waals surface area contributed by atoms with Crippen LogP contribution >= 0.6 is 0 Å². The smallest absolute Gasteiger partial charge is 0.317 e. The van der Waals surface area contributed by atoms with Gasteiger partial charge < -0.3 is 15.1 Å². The van der Waals surface area contributed by atoms with E-state index in [4.69, 9.17) is 0 Å². The molecule has 6 nitrogen and oxygen atoms in total. The van der Waals surface area contributed by atoms with E-state index in [0.717, 1.165) is 64.0 Å². The highest BCUT2D eigenvalue weighted by atomic mass is 16.2. The van der Waals surface area contributed by atoms with Crippen molar-refractivity contribution in [1.82, 2.24) is 20.0 Å². The van der Waals surface area contributed by atoms with Crippen LogP contribution in [0.3, 0.4) is 0 Å². The number of carbonyl (C=O) groups excluding carboxylic acids is 2. The van der Waals surface area contributed by atoms with Crippen LogP contribution in [0.25, 0.3) is 0 Å². The number of likely N-dealkylation sites (N-methyl/N-ethyl adjacent to an activating group) is 2. The number of Topliss-reactive ketones (excluding diaryl/α,β-unsaturated/α-hetero) is 1. The van der Waals surface area contributed by atoms with Crippen LogP contribution < -0.4 is 5.32 Å². The van der Waals surface area contributed by atoms with Crippen molar-refractivity contribution >= 4 is 11.8 Å². The van der Waals surface area contributed by atoms with E-state index >= 15 is 0 Å². The number of carbonyl (C=O) groups is 2. The van der Waals surface area contributed by atoms with Crippen LogP contribution in [0.15, 0.2) is 12.2 Å². The molecule has 0 aromatic rings. The standard InChI is InChI=1S/C22H40N4O2/c1-6-9-24(5)11-12-25(8-3)22(28)23-19-14-18-15-21(27)17(4)13-20(18)26(16-19)10-7-2/h18-20H,4,6-16H2,1-3,5H3,(H,23,28)/t18-,19+,20-/m1/s1. The van der Waals surface area contributed by atoms with Gasteiger partial charge >= 0.3 is 6.03 Å². The molecule has 1 heterocycles. The minimum Gasteiger partial charge on any atom is -0.334 e. The summed E-state index contributed by atoms with van der Waals surface area (Å²) in [5, 5.41) is 3.27. The molecule has 2 fully saturated rings. The highest BCUT2D eigenvalue weighted by molar-refractivity contribution is 5.95. The van der Waals surface area contributed by atoms with E-state index in [1.54, 1.807) is 0 Å². The van der Waals surface area contributed by atoms with Gasteiger partial charge in [0.2, 0.25) is 0 Å². The molecule has 0 radical (unpaired) electrons. The first-order valence-corrected chi connectivity index (χ1v) is 11.1. The number of amides is 2. The predicted molar refractivity (Wildman–Crippen MR) is 114 cm³/mol. The molecule has 28 heavy (non-hydrogen) atoms. The largest absolute Gasteiger partial charge is 0.334 e. The summed E-state index contributed by atoms with van der Waals surface area (Å²) in [6, 6.07) is 0.545. The molecule has 160 valence electrons. The predicted octanol–water partition coefficient (Wildman–Crippen LogP) is 2.75. The van der Waals surface area contributed by atoms with Gasteiger partial charge in [-0.3, -0.25) is 9.69 Å². The van der Waals surface area contributed by atoms with Crippen molar-refractivity contribution in [3.63, 3.8) is 0 Å². The molecular formula is C22H40N4O2. The van der Waals surface area contributed by atoms with E-state index in [0.29, 0.717) is 24.9 Å². The number of rotatable bonds is 9. The van der Waals surface area contributed by atoms with E-state index in [9.17, 15) is 9.59 Å². The molecule has 2 aliphatic rings. The van der Waals surface area contributed by atoms with Crippen LogP contribution in [-0.4, -0.2) is 84.9 Å². The molecule has 2 rings (SSSR count). The monoisotopic (exact) mass is 392 g/mol. The van der Waals surface area contributed by atoms with Gasteiger partial charge in [-0.15, -0.1) is 0 Å². The van der Waals surface area contributed by atoms with E-state index < -0.39 is 0 Å². The molecule has 1 saturated heterocycles. The third kappa shape index (κ3) is 6.05. The molecule has 0 unspecified atom stereocenters. The molecule has 1 N–H and O–H groups in total. The maximum atomic E-state index is 12.9. The van der Waals surface area contributed by atoms with Gasteiger partial charge in [-0.1, -0.05) is 20.4 Å². The van der Waals surface area contributed by atoms with Crippen LogP contribution in [0.5, 0.6) is 0 Å². The van der Waals surface area contributed by atoms with E-state index in [1.807, 2.05) is 11.8 Å². The van der Waals surface area contributed by atoms with Gasteiger partial charge in [-0.2, -0.15) is 0 Å². The first-order chi connectivity index (χ1) is 13.4. The molecule has 0 aromatic heterocycles. The van der Waals surface area contributed by atoms with Crippen LogP contribution in [0.4, 0.5) is 4.79 Å². The summed E-state index contributed by atoms with van der Waals surface area (Å²) in [5.74, 6) is 0.535. The van der Waals surface area contributed by atoms with Gasteiger partial charge in [-0.05, 0) is 64.2 Å². The number of hydrogen-bond acceptors (Lipinski definition) is 4. The number of piperidine rings is 1. The Morgan fingerprint density at radius 1 is 1.18 bits per heavy atom. The number of urea groups is 1. The molecule has 0 bridgehead atoms. The maximum Gasteiger partial charge on any atom is 0.317 e. The fourth-order valence-corrected chi connectivity index (χ4v) is 4.68. The Bertz CT molecular complexity index is 551. The van der Waals surface area contributed by atoms with Crippen molar-refractivity contribution in [2.75, 3.05) is 46.3 Å². The maximum absolute atomic E-state index is 12.9. The van der Waals surface area contributed by atoms with Gasteiger partial charge in [0.1, 0.15) is 0 Å². The summed E-state index contributed by atoms with van der Waals surface area (Å²) >= 11 is 0. The van der Waals surface area contributed by atoms with Crippen molar-refractivity contribution in [1.29, 1.82) is 0 Å². The van der Waals surface area contributed by atoms with Gasteiger partial charge in [0.25, 0.3) is 0 Å². The van der Waals surface area contributed by atoms with Crippen LogP contribution in [0.1, 0.15) is 52.9 Å². The number of ketones is 1. The average molecular weight is 393 g/mol. The van der Waals surface area contributed by atoms with Crippen LogP contribution in [-0.2, 0) is 4.79 Å². The Labute approximate surface area is 171 Å². The molecule has 1 aliphatic heterocycles. The number of fused-ring (bicyclic) bond motifs is 1. The summed E-state index contributed by atoms with van der Waals surface area (Å²) in [6.45, 7) is 15.6. The number of nitrogens with zero attached hydrogens (tertiary/aromatic N) is 3. The Morgan fingerprint density at radius 3 is 2.57 bits per heavy atom. The SMILES string of the molecule is C=C1C[C@@H]2[C@@H](CC1=O)C[C@H](NC(=O)N(CC)CCN(C)CCC)CN2CCC. The quantitative estimate of drug-likeness (QED) is 0.613. The summed E-state index contributed by atoms with van der Waals surface area (Å²) < 4.78 is 0. The Morgan fingerprint density at radius 2 is 1.93 bits per heavy atom. The summed E-state index contributed by atoms with van der Waals surface area (Å²) in [7, 11) is 2.10. The lowest BCUT2D eigenvalue weighted by Gasteiger charge is -2.47. The molecule has 6 heteroatoms.